The Bertz CT molecular complexity index is 696. The van der Waals surface area contributed by atoms with Gasteiger partial charge in [0.1, 0.15) is 5.75 Å². The van der Waals surface area contributed by atoms with Gasteiger partial charge in [0.15, 0.2) is 5.13 Å². The summed E-state index contributed by atoms with van der Waals surface area (Å²) in [5, 5.41) is 0.532. The molecule has 4 nitrogen and oxygen atoms in total. The Kier molecular flexibility index (Phi) is 3.50. The highest BCUT2D eigenvalue weighted by molar-refractivity contribution is 7.22. The Morgan fingerprint density at radius 2 is 1.75 bits per heavy atom. The van der Waals surface area contributed by atoms with Crippen molar-refractivity contribution in [1.82, 2.24) is 4.98 Å². The van der Waals surface area contributed by atoms with Gasteiger partial charge in [-0.15, -0.1) is 0 Å². The molecule has 0 aliphatic heterocycles. The molecule has 5 heteroatoms. The molecule has 1 aromatic carbocycles. The van der Waals surface area contributed by atoms with Gasteiger partial charge in [0.2, 0.25) is 0 Å². The third-order valence-electron chi connectivity index (χ3n) is 3.39. The molecule has 0 atom stereocenters. The molecule has 0 aliphatic carbocycles. The number of hydrogen-bond donors (Lipinski definition) is 1. The van der Waals surface area contributed by atoms with Crippen LogP contribution in [-0.2, 0) is 4.79 Å². The average molecular weight is 292 g/mol. The number of anilines is 1. The van der Waals surface area contributed by atoms with E-state index in [1.165, 1.54) is 11.3 Å². The summed E-state index contributed by atoms with van der Waals surface area (Å²) in [5.41, 5.74) is 9.04. The van der Waals surface area contributed by atoms with E-state index >= 15 is 0 Å². The molecule has 108 valence electrons. The maximum atomic E-state index is 12.1. The van der Waals surface area contributed by atoms with Crippen LogP contribution in [-0.4, -0.2) is 11.0 Å². The summed E-state index contributed by atoms with van der Waals surface area (Å²) >= 11 is 1.43. The first kappa shape index (κ1) is 14.8. The normalized spacial score (nSPS) is 11.9. The lowest BCUT2D eigenvalue weighted by Crippen LogP contribution is -2.26. The molecule has 2 rings (SSSR count). The Balaban J connectivity index is 2.62. The first-order valence-electron chi connectivity index (χ1n) is 6.51. The fourth-order valence-electron chi connectivity index (χ4n) is 1.98. The van der Waals surface area contributed by atoms with E-state index in [9.17, 15) is 4.79 Å². The maximum Gasteiger partial charge on any atom is 0.316 e. The number of ether oxygens (including phenoxy) is 1. The summed E-state index contributed by atoms with van der Waals surface area (Å²) in [6, 6.07) is 0. The topological polar surface area (TPSA) is 65.2 Å². The lowest BCUT2D eigenvalue weighted by molar-refractivity contribution is -0.143. The minimum absolute atomic E-state index is 0.236. The lowest BCUT2D eigenvalue weighted by atomic mass is 9.97. The van der Waals surface area contributed by atoms with E-state index in [1.54, 1.807) is 0 Å². The number of carbonyl (C=O) groups is 1. The first-order valence-corrected chi connectivity index (χ1v) is 7.32. The van der Waals surface area contributed by atoms with Gasteiger partial charge in [-0.25, -0.2) is 4.98 Å². The molecule has 1 aromatic heterocycles. The van der Waals surface area contributed by atoms with Crippen molar-refractivity contribution in [3.8, 4) is 5.75 Å². The van der Waals surface area contributed by atoms with Gasteiger partial charge in [0.25, 0.3) is 0 Å². The average Bonchev–Trinajstić information content (AvgIpc) is 2.72. The number of nitrogen functional groups attached to an aromatic ring is 1. The maximum absolute atomic E-state index is 12.1. The van der Waals surface area contributed by atoms with Gasteiger partial charge < -0.3 is 10.5 Å². The van der Waals surface area contributed by atoms with Crippen LogP contribution in [0.15, 0.2) is 0 Å². The molecule has 0 amide bonds. The van der Waals surface area contributed by atoms with Crippen LogP contribution in [0, 0.1) is 26.2 Å². The van der Waals surface area contributed by atoms with Crippen molar-refractivity contribution in [3.63, 3.8) is 0 Å². The van der Waals surface area contributed by atoms with E-state index in [4.69, 9.17) is 10.5 Å². The molecule has 0 saturated carbocycles. The number of nitrogens with two attached hydrogens (primary N) is 1. The molecule has 0 bridgehead atoms. The van der Waals surface area contributed by atoms with Crippen LogP contribution in [0.5, 0.6) is 5.75 Å². The van der Waals surface area contributed by atoms with Crippen molar-refractivity contribution >= 4 is 32.7 Å². The van der Waals surface area contributed by atoms with Crippen molar-refractivity contribution in [2.24, 2.45) is 5.41 Å². The number of esters is 1. The number of fused-ring (bicyclic) bond motifs is 1. The number of aromatic nitrogens is 1. The molecule has 0 spiro atoms. The van der Waals surface area contributed by atoms with Crippen molar-refractivity contribution in [1.29, 1.82) is 0 Å². The first-order chi connectivity index (χ1) is 9.12. The minimum Gasteiger partial charge on any atom is -0.426 e. The quantitative estimate of drug-likeness (QED) is 0.642. The van der Waals surface area contributed by atoms with E-state index in [-0.39, 0.29) is 5.97 Å². The summed E-state index contributed by atoms with van der Waals surface area (Å²) in [4.78, 5) is 16.5. The summed E-state index contributed by atoms with van der Waals surface area (Å²) in [6.45, 7) is 11.4. The predicted molar refractivity (Wildman–Crippen MR) is 83.3 cm³/mol. The third kappa shape index (κ3) is 2.38. The molecule has 20 heavy (non-hydrogen) atoms. The minimum atomic E-state index is -0.533. The van der Waals surface area contributed by atoms with E-state index in [0.717, 1.165) is 26.9 Å². The number of rotatable bonds is 1. The SMILES string of the molecule is Cc1c(OC(=O)C(C)(C)C)c(C)c2sc(N)nc2c1C. The second kappa shape index (κ2) is 4.74. The van der Waals surface area contributed by atoms with Crippen LogP contribution in [0.1, 0.15) is 37.5 Å². The summed E-state index contributed by atoms with van der Waals surface area (Å²) < 4.78 is 6.63. The second-order valence-corrected chi connectivity index (χ2v) is 7.10. The van der Waals surface area contributed by atoms with Crippen LogP contribution in [0.2, 0.25) is 0 Å². The number of nitrogens with zero attached hydrogens (tertiary/aromatic N) is 1. The van der Waals surface area contributed by atoms with Crippen molar-refractivity contribution in [2.75, 3.05) is 5.73 Å². The zero-order valence-electron chi connectivity index (χ0n) is 12.7. The highest BCUT2D eigenvalue weighted by Crippen LogP contribution is 2.39. The summed E-state index contributed by atoms with van der Waals surface area (Å²) in [6.07, 6.45) is 0. The van der Waals surface area contributed by atoms with Crippen LogP contribution >= 0.6 is 11.3 Å². The molecular weight excluding hydrogens is 272 g/mol. The lowest BCUT2D eigenvalue weighted by Gasteiger charge is -2.19. The molecule has 0 radical (unpaired) electrons. The van der Waals surface area contributed by atoms with Crippen LogP contribution in [0.3, 0.4) is 0 Å². The number of thiazole rings is 1. The summed E-state index contributed by atoms with van der Waals surface area (Å²) in [7, 11) is 0. The van der Waals surface area contributed by atoms with E-state index in [0.29, 0.717) is 10.9 Å². The van der Waals surface area contributed by atoms with Gasteiger partial charge in [0, 0.05) is 5.56 Å². The second-order valence-electron chi connectivity index (χ2n) is 6.07. The van der Waals surface area contributed by atoms with Crippen molar-refractivity contribution in [3.05, 3.63) is 16.7 Å². The highest BCUT2D eigenvalue weighted by atomic mass is 32.1. The van der Waals surface area contributed by atoms with E-state index in [1.807, 2.05) is 41.5 Å². The predicted octanol–water partition coefficient (Wildman–Crippen LogP) is 3.76. The standard InChI is InChI=1S/C15H20N2O2S/c1-7-8(2)11(19-13(18)15(4,5)6)9(3)12-10(7)17-14(16)20-12/h1-6H3,(H2,16,17). The zero-order chi connectivity index (χ0) is 15.2. The van der Waals surface area contributed by atoms with Gasteiger partial charge in [-0.1, -0.05) is 11.3 Å². The fraction of sp³-hybridized carbons (Fsp3) is 0.467. The molecule has 0 fully saturated rings. The number of benzene rings is 1. The molecule has 0 saturated heterocycles. The molecule has 0 aliphatic rings. The molecular formula is C15H20N2O2S. The zero-order valence-corrected chi connectivity index (χ0v) is 13.6. The van der Waals surface area contributed by atoms with Gasteiger partial charge in [-0.05, 0) is 52.7 Å². The van der Waals surface area contributed by atoms with Gasteiger partial charge in [0.05, 0.1) is 15.6 Å². The monoisotopic (exact) mass is 292 g/mol. The van der Waals surface area contributed by atoms with Gasteiger partial charge >= 0.3 is 5.97 Å². The van der Waals surface area contributed by atoms with E-state index in [2.05, 4.69) is 4.98 Å². The van der Waals surface area contributed by atoms with Gasteiger partial charge in [-0.2, -0.15) is 0 Å². The van der Waals surface area contributed by atoms with Crippen LogP contribution in [0.25, 0.3) is 10.2 Å². The van der Waals surface area contributed by atoms with Crippen LogP contribution in [0.4, 0.5) is 5.13 Å². The van der Waals surface area contributed by atoms with Crippen molar-refractivity contribution < 1.29 is 9.53 Å². The highest BCUT2D eigenvalue weighted by Gasteiger charge is 2.26. The molecule has 1 heterocycles. The summed E-state index contributed by atoms with van der Waals surface area (Å²) in [5.74, 6) is 0.401. The number of carbonyl (C=O) groups excluding carboxylic acids is 1. The molecule has 2 N–H and O–H groups in total. The number of aryl methyl sites for hydroxylation is 2. The van der Waals surface area contributed by atoms with Gasteiger partial charge in [-0.3, -0.25) is 4.79 Å². The third-order valence-corrected chi connectivity index (χ3v) is 4.39. The van der Waals surface area contributed by atoms with E-state index < -0.39 is 5.41 Å². The largest absolute Gasteiger partial charge is 0.426 e. The molecule has 2 aromatic rings. The number of hydrogen-bond acceptors (Lipinski definition) is 5. The fourth-order valence-corrected chi connectivity index (χ4v) is 2.86. The van der Waals surface area contributed by atoms with Crippen LogP contribution < -0.4 is 10.5 Å². The molecule has 0 unspecified atom stereocenters. The Morgan fingerprint density at radius 3 is 2.30 bits per heavy atom. The van der Waals surface area contributed by atoms with Crippen molar-refractivity contribution in [2.45, 2.75) is 41.5 Å². The Hall–Kier alpha value is -1.62. The Labute approximate surface area is 123 Å². The smallest absolute Gasteiger partial charge is 0.316 e. The Morgan fingerprint density at radius 1 is 1.15 bits per heavy atom.